The van der Waals surface area contributed by atoms with Gasteiger partial charge in [0.2, 0.25) is 5.92 Å². The lowest BCUT2D eigenvalue weighted by molar-refractivity contribution is -0.0407. The zero-order valence-electron chi connectivity index (χ0n) is 17.1. The fourth-order valence-corrected chi connectivity index (χ4v) is 3.05. The average Bonchev–Trinajstić information content (AvgIpc) is 2.74. The first-order chi connectivity index (χ1) is 14.4. The molecule has 0 fully saturated rings. The topological polar surface area (TPSA) is 82.0 Å². The van der Waals surface area contributed by atoms with Gasteiger partial charge < -0.3 is 25.4 Å². The summed E-state index contributed by atoms with van der Waals surface area (Å²) in [6.45, 7) is 0.677. The molecule has 5 nitrogen and oxygen atoms in total. The Labute approximate surface area is 176 Å². The van der Waals surface area contributed by atoms with Gasteiger partial charge >= 0.3 is 0 Å². The minimum absolute atomic E-state index is 0.0278. The first-order valence-electron chi connectivity index (χ1n) is 10.2. The number of halogens is 2. The molecule has 2 aromatic rings. The Bertz CT molecular complexity index is 743. The van der Waals surface area contributed by atoms with Crippen LogP contribution in [0.15, 0.2) is 48.5 Å². The maximum atomic E-state index is 13.9. The lowest BCUT2D eigenvalue weighted by atomic mass is 10.1. The molecule has 4 N–H and O–H groups in total. The van der Waals surface area contributed by atoms with Crippen molar-refractivity contribution in [3.05, 3.63) is 65.2 Å². The largest absolute Gasteiger partial charge is 0.508 e. The first-order valence-corrected chi connectivity index (χ1v) is 10.2. The zero-order valence-corrected chi connectivity index (χ0v) is 17.1. The molecule has 0 saturated heterocycles. The number of alkyl halides is 2. The van der Waals surface area contributed by atoms with Crippen LogP contribution in [0, 0.1) is 0 Å². The maximum absolute atomic E-state index is 13.9. The molecule has 1 unspecified atom stereocenters. The second kappa shape index (κ2) is 12.6. The van der Waals surface area contributed by atoms with Gasteiger partial charge in [-0.3, -0.25) is 0 Å². The lowest BCUT2D eigenvalue weighted by Gasteiger charge is -2.17. The van der Waals surface area contributed by atoms with Crippen LogP contribution in [0.2, 0.25) is 0 Å². The Morgan fingerprint density at radius 2 is 1.80 bits per heavy atom. The Hall–Kier alpha value is -2.06. The van der Waals surface area contributed by atoms with E-state index in [0.29, 0.717) is 30.7 Å². The van der Waals surface area contributed by atoms with E-state index in [-0.39, 0.29) is 44.8 Å². The Morgan fingerprint density at radius 3 is 2.53 bits per heavy atom. The van der Waals surface area contributed by atoms with Crippen molar-refractivity contribution in [1.29, 1.82) is 0 Å². The van der Waals surface area contributed by atoms with E-state index < -0.39 is 12.0 Å². The summed E-state index contributed by atoms with van der Waals surface area (Å²) in [5.41, 5.74) is 2.00. The van der Waals surface area contributed by atoms with E-state index in [4.69, 9.17) is 9.84 Å². The van der Waals surface area contributed by atoms with Gasteiger partial charge in [0.15, 0.2) is 0 Å². The van der Waals surface area contributed by atoms with Gasteiger partial charge in [0.1, 0.15) is 5.75 Å². The van der Waals surface area contributed by atoms with E-state index in [9.17, 15) is 19.0 Å². The lowest BCUT2D eigenvalue weighted by Crippen LogP contribution is -2.25. The molecule has 0 radical (unpaired) electrons. The summed E-state index contributed by atoms with van der Waals surface area (Å²) >= 11 is 0. The predicted octanol–water partition coefficient (Wildman–Crippen LogP) is 3.57. The van der Waals surface area contributed by atoms with Crippen LogP contribution in [0.3, 0.4) is 0 Å². The van der Waals surface area contributed by atoms with E-state index in [1.165, 1.54) is 12.1 Å². The minimum Gasteiger partial charge on any atom is -0.508 e. The van der Waals surface area contributed by atoms with Gasteiger partial charge in [0.25, 0.3) is 0 Å². The molecule has 0 aromatic heterocycles. The predicted molar refractivity (Wildman–Crippen MR) is 112 cm³/mol. The summed E-state index contributed by atoms with van der Waals surface area (Å²) in [5, 5.41) is 31.8. The molecule has 166 valence electrons. The van der Waals surface area contributed by atoms with Crippen molar-refractivity contribution in [2.75, 3.05) is 26.3 Å². The number of phenols is 1. The maximum Gasteiger partial charge on any atom is 0.250 e. The number of benzene rings is 2. The number of aliphatic hydroxyl groups is 2. The highest BCUT2D eigenvalue weighted by Gasteiger charge is 2.27. The first kappa shape index (κ1) is 24.2. The molecule has 0 bridgehead atoms. The van der Waals surface area contributed by atoms with Gasteiger partial charge in [0, 0.05) is 24.9 Å². The molecule has 7 heteroatoms. The molecule has 0 saturated carbocycles. The molecule has 0 amide bonds. The third-order valence-electron chi connectivity index (χ3n) is 4.88. The van der Waals surface area contributed by atoms with E-state index in [2.05, 4.69) is 5.32 Å². The van der Waals surface area contributed by atoms with Crippen molar-refractivity contribution in [3.63, 3.8) is 0 Å². The Morgan fingerprint density at radius 1 is 1.03 bits per heavy atom. The second-order valence-electron chi connectivity index (χ2n) is 7.32. The fourth-order valence-electron chi connectivity index (χ4n) is 3.05. The third-order valence-corrected chi connectivity index (χ3v) is 4.88. The van der Waals surface area contributed by atoms with Crippen molar-refractivity contribution in [3.8, 4) is 5.75 Å². The van der Waals surface area contributed by atoms with Crippen molar-refractivity contribution in [1.82, 2.24) is 5.32 Å². The molecule has 2 rings (SSSR count). The highest BCUT2D eigenvalue weighted by molar-refractivity contribution is 5.36. The fraction of sp³-hybridized carbons (Fsp3) is 0.478. The van der Waals surface area contributed by atoms with Gasteiger partial charge in [-0.05, 0) is 42.6 Å². The number of nitrogens with one attached hydrogen (secondary N) is 1. The molecule has 0 aliphatic carbocycles. The smallest absolute Gasteiger partial charge is 0.250 e. The van der Waals surface area contributed by atoms with Gasteiger partial charge in [-0.25, -0.2) is 8.78 Å². The SMILES string of the molecule is OCc1cc(C(O)CNCCCC(F)(F)CCOCCc2ccccc2)ccc1O. The molecular formula is C23H31F2NO4. The molecule has 30 heavy (non-hydrogen) atoms. The average molecular weight is 424 g/mol. The quantitative estimate of drug-likeness (QED) is 0.349. The van der Waals surface area contributed by atoms with E-state index >= 15 is 0 Å². The van der Waals surface area contributed by atoms with Crippen molar-refractivity contribution >= 4 is 0 Å². The number of hydrogen-bond acceptors (Lipinski definition) is 5. The standard InChI is InChI=1S/C23H31F2NO4/c24-23(25,11-14-30-13-9-18-5-2-1-3-6-18)10-4-12-26-16-22(29)19-7-8-21(28)20(15-19)17-27/h1-3,5-8,15,22,26-29H,4,9-14,16-17H2. The van der Waals surface area contributed by atoms with Crippen LogP contribution in [-0.4, -0.2) is 47.5 Å². The highest BCUT2D eigenvalue weighted by atomic mass is 19.3. The van der Waals surface area contributed by atoms with E-state index in [0.717, 1.165) is 5.56 Å². The number of ether oxygens (including phenoxy) is 1. The van der Waals surface area contributed by atoms with Crippen LogP contribution in [0.4, 0.5) is 8.78 Å². The molecule has 0 spiro atoms. The van der Waals surface area contributed by atoms with Crippen LogP contribution in [0.1, 0.15) is 42.1 Å². The molecule has 0 aliphatic heterocycles. The summed E-state index contributed by atoms with van der Waals surface area (Å²) in [5.74, 6) is -2.81. The number of rotatable bonds is 14. The monoisotopic (exact) mass is 423 g/mol. The zero-order chi connectivity index (χ0) is 21.8. The van der Waals surface area contributed by atoms with Crippen LogP contribution >= 0.6 is 0 Å². The molecule has 2 aromatic carbocycles. The molecule has 1 atom stereocenters. The van der Waals surface area contributed by atoms with Gasteiger partial charge in [0.05, 0.1) is 25.9 Å². The number of aromatic hydroxyl groups is 1. The van der Waals surface area contributed by atoms with Crippen LogP contribution < -0.4 is 5.32 Å². The third kappa shape index (κ3) is 8.75. The number of aliphatic hydroxyl groups excluding tert-OH is 2. The highest BCUT2D eigenvalue weighted by Crippen LogP contribution is 2.25. The van der Waals surface area contributed by atoms with E-state index in [1.54, 1.807) is 6.07 Å². The summed E-state index contributed by atoms with van der Waals surface area (Å²) < 4.78 is 33.2. The molecular weight excluding hydrogens is 392 g/mol. The van der Waals surface area contributed by atoms with Crippen LogP contribution in [0.5, 0.6) is 5.75 Å². The minimum atomic E-state index is -2.78. The second-order valence-corrected chi connectivity index (χ2v) is 7.32. The van der Waals surface area contributed by atoms with Gasteiger partial charge in [-0.2, -0.15) is 0 Å². The van der Waals surface area contributed by atoms with Crippen LogP contribution in [-0.2, 0) is 17.8 Å². The Balaban J connectivity index is 1.56. The van der Waals surface area contributed by atoms with Gasteiger partial charge in [-0.1, -0.05) is 36.4 Å². The van der Waals surface area contributed by atoms with Crippen molar-refractivity contribution in [2.24, 2.45) is 0 Å². The summed E-state index contributed by atoms with van der Waals surface area (Å²) in [6.07, 6.45) is -0.413. The van der Waals surface area contributed by atoms with Gasteiger partial charge in [-0.15, -0.1) is 0 Å². The Kier molecular flexibility index (Phi) is 10.2. The summed E-state index contributed by atoms with van der Waals surface area (Å²) in [7, 11) is 0. The van der Waals surface area contributed by atoms with Crippen molar-refractivity contribution < 1.29 is 28.8 Å². The summed E-state index contributed by atoms with van der Waals surface area (Å²) in [6, 6.07) is 14.3. The normalized spacial score (nSPS) is 12.8. The summed E-state index contributed by atoms with van der Waals surface area (Å²) in [4.78, 5) is 0. The molecule has 0 heterocycles. The number of hydrogen-bond donors (Lipinski definition) is 4. The van der Waals surface area contributed by atoms with Crippen LogP contribution in [0.25, 0.3) is 0 Å². The van der Waals surface area contributed by atoms with Crippen molar-refractivity contribution in [2.45, 2.75) is 44.3 Å². The molecule has 0 aliphatic rings. The van der Waals surface area contributed by atoms with E-state index in [1.807, 2.05) is 30.3 Å².